The first-order chi connectivity index (χ1) is 6.36. The molecule has 0 aromatic heterocycles. The number of benzene rings is 1. The summed E-state index contributed by atoms with van der Waals surface area (Å²) in [5.74, 6) is 0. The topological polar surface area (TPSA) is 32.3 Å². The van der Waals surface area contributed by atoms with Crippen LogP contribution in [0.25, 0.3) is 0 Å². The van der Waals surface area contributed by atoms with Crippen molar-refractivity contribution < 1.29 is 26.6 Å². The van der Waals surface area contributed by atoms with Gasteiger partial charge in [-0.2, -0.15) is 0 Å². The van der Waals surface area contributed by atoms with Gasteiger partial charge in [-0.1, -0.05) is 0 Å². The molecule has 2 N–H and O–H groups in total. The Morgan fingerprint density at radius 2 is 2.08 bits per heavy atom. The Hall–Kier alpha value is -0.130. The number of hydrogen-bond acceptors (Lipinski definition) is 2. The summed E-state index contributed by atoms with van der Waals surface area (Å²) in [7, 11) is 0. The average Bonchev–Trinajstić information content (AvgIpc) is 2.19. The van der Waals surface area contributed by atoms with Gasteiger partial charge in [0.2, 0.25) is 0 Å². The quantitative estimate of drug-likeness (QED) is 0.359. The van der Waals surface area contributed by atoms with Crippen LogP contribution in [0.1, 0.15) is 18.0 Å². The molecule has 0 saturated carbocycles. The average molecular weight is 290 g/mol. The Labute approximate surface area is 89.0 Å². The SMILES string of the molecule is OC1C[I-]NC(c2ccccc2)C1. The van der Waals surface area contributed by atoms with E-state index >= 15 is 0 Å². The fourth-order valence-electron chi connectivity index (χ4n) is 1.49. The van der Waals surface area contributed by atoms with Crippen LogP contribution in [-0.4, -0.2) is 15.6 Å². The summed E-state index contributed by atoms with van der Waals surface area (Å²) in [6, 6.07) is 10.8. The van der Waals surface area contributed by atoms with Crippen molar-refractivity contribution in [2.24, 2.45) is 0 Å². The Morgan fingerprint density at radius 1 is 1.31 bits per heavy atom. The molecule has 0 amide bonds. The second kappa shape index (κ2) is 4.39. The van der Waals surface area contributed by atoms with Gasteiger partial charge in [0, 0.05) is 0 Å². The second-order valence-electron chi connectivity index (χ2n) is 3.25. The molecule has 1 saturated heterocycles. The van der Waals surface area contributed by atoms with Crippen molar-refractivity contribution in [1.29, 1.82) is 0 Å². The third-order valence-electron chi connectivity index (χ3n) is 2.17. The van der Waals surface area contributed by atoms with E-state index in [2.05, 4.69) is 27.8 Å². The molecule has 1 heterocycles. The molecule has 0 radical (unpaired) electrons. The molecule has 0 spiro atoms. The molecular formula is C10H13INO-. The number of hydrogen-bond donors (Lipinski definition) is 2. The van der Waals surface area contributed by atoms with Crippen LogP contribution in [0.3, 0.4) is 0 Å². The van der Waals surface area contributed by atoms with Crippen molar-refractivity contribution in [3.8, 4) is 0 Å². The van der Waals surface area contributed by atoms with Gasteiger partial charge in [0.15, 0.2) is 0 Å². The van der Waals surface area contributed by atoms with Crippen molar-refractivity contribution in [2.45, 2.75) is 18.6 Å². The molecule has 1 aromatic rings. The number of aliphatic hydroxyl groups excluding tert-OH is 1. The molecule has 2 unspecified atom stereocenters. The molecular weight excluding hydrogens is 277 g/mol. The van der Waals surface area contributed by atoms with E-state index in [0.717, 1.165) is 10.8 Å². The number of nitrogens with one attached hydrogen (secondary N) is 1. The third-order valence-corrected chi connectivity index (χ3v) is 4.82. The number of rotatable bonds is 1. The Balaban J connectivity index is 2.08. The molecule has 2 atom stereocenters. The summed E-state index contributed by atoms with van der Waals surface area (Å²) in [6.07, 6.45) is 0.781. The van der Waals surface area contributed by atoms with Gasteiger partial charge >= 0.3 is 89.0 Å². The van der Waals surface area contributed by atoms with Gasteiger partial charge in [0.25, 0.3) is 0 Å². The van der Waals surface area contributed by atoms with Gasteiger partial charge in [-0.25, -0.2) is 0 Å². The van der Waals surface area contributed by atoms with Gasteiger partial charge < -0.3 is 0 Å². The predicted octanol–water partition coefficient (Wildman–Crippen LogP) is -1.91. The van der Waals surface area contributed by atoms with Crippen LogP contribution in [0.4, 0.5) is 0 Å². The minimum atomic E-state index is -0.0840. The third kappa shape index (κ3) is 2.42. The fraction of sp³-hybridized carbons (Fsp3) is 0.400. The zero-order valence-corrected chi connectivity index (χ0v) is 9.44. The monoisotopic (exact) mass is 290 g/mol. The van der Waals surface area contributed by atoms with Gasteiger partial charge in [-0.3, -0.25) is 0 Å². The Morgan fingerprint density at radius 3 is 2.77 bits per heavy atom. The zero-order valence-electron chi connectivity index (χ0n) is 7.28. The van der Waals surface area contributed by atoms with Gasteiger partial charge in [0.05, 0.1) is 0 Å². The Kier molecular flexibility index (Phi) is 3.18. The van der Waals surface area contributed by atoms with E-state index in [-0.39, 0.29) is 27.6 Å². The summed E-state index contributed by atoms with van der Waals surface area (Å²) in [5, 5.41) is 9.53. The standard InChI is InChI=1S/C10H13INO/c13-9-6-10(12-11-7-9)8-4-2-1-3-5-8/h1-5,9-10,12-13H,6-7H2/q-1. The van der Waals surface area contributed by atoms with Crippen LogP contribution in [0.5, 0.6) is 0 Å². The van der Waals surface area contributed by atoms with E-state index in [9.17, 15) is 5.11 Å². The van der Waals surface area contributed by atoms with Crippen LogP contribution >= 0.6 is 0 Å². The van der Waals surface area contributed by atoms with Gasteiger partial charge in [0.1, 0.15) is 0 Å². The normalized spacial score (nSPS) is 29.3. The first-order valence-electron chi connectivity index (χ1n) is 4.43. The van der Waals surface area contributed by atoms with Gasteiger partial charge in [-0.15, -0.1) is 0 Å². The van der Waals surface area contributed by atoms with E-state index in [0.29, 0.717) is 6.04 Å². The van der Waals surface area contributed by atoms with E-state index in [1.165, 1.54) is 5.56 Å². The van der Waals surface area contributed by atoms with Crippen LogP contribution in [0, 0.1) is 0 Å². The summed E-state index contributed by atoms with van der Waals surface area (Å²) < 4.78 is 4.50. The van der Waals surface area contributed by atoms with Crippen molar-refractivity contribution in [3.05, 3.63) is 35.9 Å². The van der Waals surface area contributed by atoms with Crippen molar-refractivity contribution in [1.82, 2.24) is 3.53 Å². The molecule has 1 aliphatic rings. The molecule has 1 fully saturated rings. The molecule has 2 nitrogen and oxygen atoms in total. The van der Waals surface area contributed by atoms with Crippen molar-refractivity contribution in [3.63, 3.8) is 0 Å². The number of alkyl halides is 1. The minimum absolute atomic E-state index is 0.00849. The Bertz CT molecular complexity index is 265. The van der Waals surface area contributed by atoms with E-state index in [4.69, 9.17) is 0 Å². The molecule has 0 aliphatic carbocycles. The van der Waals surface area contributed by atoms with E-state index in [1.807, 2.05) is 6.07 Å². The molecule has 2 rings (SSSR count). The molecule has 1 aliphatic heterocycles. The van der Waals surface area contributed by atoms with Crippen LogP contribution in [0.2, 0.25) is 0 Å². The van der Waals surface area contributed by atoms with Crippen LogP contribution in [-0.2, 0) is 0 Å². The van der Waals surface area contributed by atoms with Gasteiger partial charge in [-0.05, 0) is 0 Å². The first kappa shape index (κ1) is 9.43. The summed E-state index contributed by atoms with van der Waals surface area (Å²) in [6.45, 7) is 0. The maximum atomic E-state index is 9.53. The molecule has 1 aromatic carbocycles. The van der Waals surface area contributed by atoms with Crippen LogP contribution < -0.4 is 25.0 Å². The van der Waals surface area contributed by atoms with Crippen molar-refractivity contribution in [2.75, 3.05) is 4.43 Å². The second-order valence-corrected chi connectivity index (χ2v) is 5.52. The van der Waals surface area contributed by atoms with E-state index in [1.54, 1.807) is 0 Å². The van der Waals surface area contributed by atoms with Crippen molar-refractivity contribution >= 4 is 0 Å². The summed E-state index contributed by atoms with van der Waals surface area (Å²) >= 11 is 0.00849. The number of aliphatic hydroxyl groups is 1. The summed E-state index contributed by atoms with van der Waals surface area (Å²) in [4.78, 5) is 0. The molecule has 3 heteroatoms. The van der Waals surface area contributed by atoms with Crippen LogP contribution in [0.15, 0.2) is 30.3 Å². The maximum absolute atomic E-state index is 9.53. The summed E-state index contributed by atoms with van der Waals surface area (Å²) in [5.41, 5.74) is 1.31. The fourth-order valence-corrected chi connectivity index (χ4v) is 3.76. The predicted molar refractivity (Wildman–Crippen MR) is 47.8 cm³/mol. The zero-order chi connectivity index (χ0) is 9.10. The molecule has 13 heavy (non-hydrogen) atoms. The van der Waals surface area contributed by atoms with E-state index < -0.39 is 0 Å². The first-order valence-corrected chi connectivity index (χ1v) is 7.03. The molecule has 0 bridgehead atoms. The number of halogens is 1. The molecule has 72 valence electrons.